The third-order valence-electron chi connectivity index (χ3n) is 7.45. The first-order chi connectivity index (χ1) is 20.7. The van der Waals surface area contributed by atoms with E-state index in [9.17, 15) is 24.9 Å². The molecule has 0 bridgehead atoms. The van der Waals surface area contributed by atoms with Gasteiger partial charge in [0.15, 0.2) is 16.9 Å². The van der Waals surface area contributed by atoms with E-state index < -0.39 is 34.6 Å². The van der Waals surface area contributed by atoms with Crippen molar-refractivity contribution < 1.29 is 34.0 Å². The Labute approximate surface area is 248 Å². The second-order valence-electron chi connectivity index (χ2n) is 10.6. The number of phenols is 3. The Morgan fingerprint density at radius 3 is 2.23 bits per heavy atom. The molecule has 1 aromatic heterocycles. The van der Waals surface area contributed by atoms with Gasteiger partial charge in [-0.15, -0.1) is 0 Å². The van der Waals surface area contributed by atoms with Gasteiger partial charge in [0.2, 0.25) is 5.75 Å². The molecule has 1 atom stereocenters. The van der Waals surface area contributed by atoms with Gasteiger partial charge in [-0.2, -0.15) is 0 Å². The molecule has 0 spiro atoms. The number of methoxy groups -OCH3 is 1. The molecule has 0 saturated carbocycles. The highest BCUT2D eigenvalue weighted by atomic mass is 16.5. The molecule has 4 aromatic carbocycles. The smallest absolute Gasteiger partial charge is 0.306 e. The zero-order valence-electron chi connectivity index (χ0n) is 24.0. The number of benzene rings is 4. The summed E-state index contributed by atoms with van der Waals surface area (Å²) in [5.41, 5.74) is 2.46. The van der Waals surface area contributed by atoms with Gasteiger partial charge >= 0.3 is 5.97 Å². The number of phenolic OH excluding ortho intramolecular Hbond substituents is 3. The van der Waals surface area contributed by atoms with Gasteiger partial charge in [0.25, 0.3) is 0 Å². The number of hydrogen-bond donors (Lipinski definition) is 3. The van der Waals surface area contributed by atoms with Gasteiger partial charge in [0, 0.05) is 23.1 Å². The van der Waals surface area contributed by atoms with E-state index in [1.165, 1.54) is 18.7 Å². The highest BCUT2D eigenvalue weighted by molar-refractivity contribution is 5.93. The number of aromatic hydroxyl groups is 3. The third kappa shape index (κ3) is 6.04. The zero-order valence-corrected chi connectivity index (χ0v) is 24.0. The number of rotatable bonds is 9. The van der Waals surface area contributed by atoms with Crippen LogP contribution in [0.15, 0.2) is 94.1 Å². The molecule has 0 radical (unpaired) electrons. The lowest BCUT2D eigenvalue weighted by Gasteiger charge is -2.21. The third-order valence-corrected chi connectivity index (χ3v) is 7.45. The van der Waals surface area contributed by atoms with Gasteiger partial charge in [-0.05, 0) is 34.7 Å². The summed E-state index contributed by atoms with van der Waals surface area (Å²) in [4.78, 5) is 25.9. The second kappa shape index (κ2) is 12.3. The van der Waals surface area contributed by atoms with Crippen molar-refractivity contribution in [1.29, 1.82) is 0 Å². The minimum absolute atomic E-state index is 0.0491. The lowest BCUT2D eigenvalue weighted by molar-refractivity contribution is -0.140. The summed E-state index contributed by atoms with van der Waals surface area (Å²) >= 11 is 0. The number of esters is 1. The maximum Gasteiger partial charge on any atom is 0.306 e. The minimum atomic E-state index is -0.954. The molecule has 0 unspecified atom stereocenters. The Hall–Kier alpha value is -5.24. The number of fused-ring (bicyclic) bond motifs is 1. The van der Waals surface area contributed by atoms with Crippen molar-refractivity contribution in [2.75, 3.05) is 7.11 Å². The van der Waals surface area contributed by atoms with E-state index in [4.69, 9.17) is 13.9 Å². The fourth-order valence-electron chi connectivity index (χ4n) is 5.06. The van der Waals surface area contributed by atoms with Crippen LogP contribution < -0.4 is 10.2 Å². The Morgan fingerprint density at radius 1 is 0.837 bits per heavy atom. The largest absolute Gasteiger partial charge is 0.504 e. The Balaban J connectivity index is 1.62. The number of hydrogen-bond acceptors (Lipinski definition) is 8. The average Bonchev–Trinajstić information content (AvgIpc) is 3.02. The molecule has 0 fully saturated rings. The van der Waals surface area contributed by atoms with Crippen molar-refractivity contribution in [2.45, 2.75) is 38.7 Å². The molecule has 3 N–H and O–H groups in total. The lowest BCUT2D eigenvalue weighted by atomic mass is 9.86. The van der Waals surface area contributed by atoms with Gasteiger partial charge in [-0.1, -0.05) is 80.6 Å². The van der Waals surface area contributed by atoms with Crippen LogP contribution in [0.5, 0.6) is 23.0 Å². The quantitative estimate of drug-likeness (QED) is 0.126. The first kappa shape index (κ1) is 29.3. The molecule has 8 heteroatoms. The van der Waals surface area contributed by atoms with Crippen LogP contribution in [-0.2, 0) is 16.1 Å². The summed E-state index contributed by atoms with van der Waals surface area (Å²) in [7, 11) is 1.24. The molecule has 0 aliphatic heterocycles. The normalized spacial score (nSPS) is 11.9. The first-order valence-electron chi connectivity index (χ1n) is 13.9. The molecular weight excluding hydrogens is 548 g/mol. The molecule has 220 valence electrons. The molecule has 1 heterocycles. The number of carbonyl (C=O) groups is 1. The SMILES string of the molecule is COC(=O)C[C@H](c1cccc(OCc2ccc(C(C)C)cc2)c1)c1c(O)c(O)c(O)c2c(=O)cc(-c3ccccc3)oc12. The fraction of sp³-hybridized carbons (Fsp3) is 0.200. The van der Waals surface area contributed by atoms with Crippen molar-refractivity contribution in [3.63, 3.8) is 0 Å². The van der Waals surface area contributed by atoms with Gasteiger partial charge in [0.1, 0.15) is 29.1 Å². The average molecular weight is 581 g/mol. The van der Waals surface area contributed by atoms with E-state index in [-0.39, 0.29) is 28.7 Å². The summed E-state index contributed by atoms with van der Waals surface area (Å²) in [6.07, 6.45) is -0.275. The summed E-state index contributed by atoms with van der Waals surface area (Å²) in [5, 5.41) is 32.2. The summed E-state index contributed by atoms with van der Waals surface area (Å²) in [6, 6.07) is 25.1. The molecule has 0 saturated heterocycles. The van der Waals surface area contributed by atoms with Gasteiger partial charge in [0.05, 0.1) is 13.5 Å². The molecule has 0 amide bonds. The van der Waals surface area contributed by atoms with Crippen LogP contribution in [0.2, 0.25) is 0 Å². The van der Waals surface area contributed by atoms with Crippen molar-refractivity contribution in [3.8, 4) is 34.3 Å². The summed E-state index contributed by atoms with van der Waals surface area (Å²) < 4.78 is 17.2. The van der Waals surface area contributed by atoms with Crippen molar-refractivity contribution >= 4 is 16.9 Å². The Morgan fingerprint density at radius 2 is 1.56 bits per heavy atom. The Kier molecular flexibility index (Phi) is 8.39. The van der Waals surface area contributed by atoms with E-state index in [1.54, 1.807) is 48.5 Å². The van der Waals surface area contributed by atoms with E-state index in [0.29, 0.717) is 29.4 Å². The van der Waals surface area contributed by atoms with Crippen LogP contribution in [0.1, 0.15) is 54.4 Å². The monoisotopic (exact) mass is 580 g/mol. The van der Waals surface area contributed by atoms with Crippen LogP contribution in [0.4, 0.5) is 0 Å². The summed E-state index contributed by atoms with van der Waals surface area (Å²) in [5.74, 6) is -2.90. The predicted molar refractivity (Wildman–Crippen MR) is 163 cm³/mol. The fourth-order valence-corrected chi connectivity index (χ4v) is 5.06. The van der Waals surface area contributed by atoms with E-state index in [2.05, 4.69) is 26.0 Å². The molecular formula is C35H32O8. The van der Waals surface area contributed by atoms with Crippen LogP contribution in [-0.4, -0.2) is 28.4 Å². The maximum absolute atomic E-state index is 13.3. The predicted octanol–water partition coefficient (Wildman–Crippen LogP) is 6.97. The lowest BCUT2D eigenvalue weighted by Crippen LogP contribution is -2.12. The molecule has 5 aromatic rings. The maximum atomic E-state index is 13.3. The van der Waals surface area contributed by atoms with Crippen LogP contribution >= 0.6 is 0 Å². The van der Waals surface area contributed by atoms with E-state index in [1.807, 2.05) is 18.2 Å². The standard InChI is InChI=1S/C35H32O8/c1-20(2)22-14-12-21(13-15-22)19-42-25-11-7-10-24(16-25)26(17-29(37)41-3)30-32(38)34(40)33(39)31-27(36)18-28(43-35(30)31)23-8-5-4-6-9-23/h4-16,18,20,26,38-40H,17,19H2,1-3H3/t26-/m1/s1. The van der Waals surface area contributed by atoms with E-state index >= 15 is 0 Å². The first-order valence-corrected chi connectivity index (χ1v) is 13.9. The zero-order chi connectivity index (χ0) is 30.7. The topological polar surface area (TPSA) is 126 Å². The highest BCUT2D eigenvalue weighted by Crippen LogP contribution is 2.49. The van der Waals surface area contributed by atoms with Gasteiger partial charge < -0.3 is 29.2 Å². The molecule has 43 heavy (non-hydrogen) atoms. The van der Waals surface area contributed by atoms with Crippen molar-refractivity contribution in [2.24, 2.45) is 0 Å². The number of ether oxygens (including phenoxy) is 2. The van der Waals surface area contributed by atoms with Gasteiger partial charge in [-0.3, -0.25) is 9.59 Å². The number of carbonyl (C=O) groups excluding carboxylic acids is 1. The van der Waals surface area contributed by atoms with Crippen LogP contribution in [0.3, 0.4) is 0 Å². The van der Waals surface area contributed by atoms with E-state index in [0.717, 1.165) is 5.56 Å². The van der Waals surface area contributed by atoms with Gasteiger partial charge in [-0.25, -0.2) is 0 Å². The Bertz CT molecular complexity index is 1820. The second-order valence-corrected chi connectivity index (χ2v) is 10.6. The van der Waals surface area contributed by atoms with Crippen LogP contribution in [0, 0.1) is 0 Å². The molecule has 0 aliphatic rings. The molecule has 0 aliphatic carbocycles. The minimum Gasteiger partial charge on any atom is -0.504 e. The van der Waals surface area contributed by atoms with Crippen molar-refractivity contribution in [1.82, 2.24) is 0 Å². The summed E-state index contributed by atoms with van der Waals surface area (Å²) in [6.45, 7) is 4.56. The van der Waals surface area contributed by atoms with Crippen LogP contribution in [0.25, 0.3) is 22.3 Å². The molecule has 5 rings (SSSR count). The molecule has 8 nitrogen and oxygen atoms in total. The van der Waals surface area contributed by atoms with Crippen molar-refractivity contribution in [3.05, 3.63) is 117 Å². The highest BCUT2D eigenvalue weighted by Gasteiger charge is 2.31.